The van der Waals surface area contributed by atoms with Crippen LogP contribution >= 0.6 is 0 Å². The van der Waals surface area contributed by atoms with Crippen molar-refractivity contribution in [1.82, 2.24) is 10.2 Å². The van der Waals surface area contributed by atoms with Crippen LogP contribution < -0.4 is 10.2 Å². The normalized spacial score (nSPS) is 11.7. The van der Waals surface area contributed by atoms with E-state index in [1.54, 1.807) is 14.0 Å². The van der Waals surface area contributed by atoms with Crippen LogP contribution in [0.4, 0.5) is 16.2 Å². The molecule has 0 saturated heterocycles. The molecule has 0 radical (unpaired) electrons. The molecule has 0 aliphatic heterocycles. The summed E-state index contributed by atoms with van der Waals surface area (Å²) in [5, 5.41) is 12.2. The molecule has 2 aromatic rings. The average molecular weight is 341 g/mol. The van der Waals surface area contributed by atoms with Gasteiger partial charge >= 0.3 is 6.03 Å². The zero-order chi connectivity index (χ0) is 18.2. The van der Waals surface area contributed by atoms with Crippen molar-refractivity contribution in [2.75, 3.05) is 25.0 Å². The number of aliphatic hydroxyl groups is 1. The molecule has 134 valence electrons. The van der Waals surface area contributed by atoms with Gasteiger partial charge in [-0.2, -0.15) is 0 Å². The Kier molecular flexibility index (Phi) is 6.83. The number of aliphatic hydroxyl groups excluding tert-OH is 1. The highest BCUT2D eigenvalue weighted by Gasteiger charge is 2.11. The van der Waals surface area contributed by atoms with Gasteiger partial charge in [0.25, 0.3) is 0 Å². The molecule has 1 unspecified atom stereocenters. The van der Waals surface area contributed by atoms with Crippen molar-refractivity contribution in [3.05, 3.63) is 60.2 Å². The molecular formula is C20H27N3O2. The molecule has 25 heavy (non-hydrogen) atoms. The smallest absolute Gasteiger partial charge is 0.317 e. The fraction of sp³-hybridized carbons (Fsp3) is 0.350. The number of urea groups is 1. The van der Waals surface area contributed by atoms with Crippen molar-refractivity contribution >= 4 is 17.4 Å². The van der Waals surface area contributed by atoms with E-state index in [1.165, 1.54) is 4.90 Å². The lowest BCUT2D eigenvalue weighted by Gasteiger charge is -2.23. The third-order valence-electron chi connectivity index (χ3n) is 3.96. The number of nitrogens with zero attached hydrogens (tertiary/aromatic N) is 2. The van der Waals surface area contributed by atoms with E-state index in [4.69, 9.17) is 0 Å². The molecule has 2 amide bonds. The van der Waals surface area contributed by atoms with Crippen molar-refractivity contribution in [3.63, 3.8) is 0 Å². The SMILES string of the molecule is CCN(c1ccccc1)c1ccc(CNC(=O)N(C)CC(C)O)cc1. The number of anilines is 2. The Bertz CT molecular complexity index is 656. The van der Waals surface area contributed by atoms with E-state index in [2.05, 4.69) is 41.4 Å². The zero-order valence-electron chi connectivity index (χ0n) is 15.1. The summed E-state index contributed by atoms with van der Waals surface area (Å²) in [6.07, 6.45) is -0.534. The Labute approximate surface area is 149 Å². The topological polar surface area (TPSA) is 55.8 Å². The summed E-state index contributed by atoms with van der Waals surface area (Å²) in [6, 6.07) is 18.3. The molecule has 0 fully saturated rings. The summed E-state index contributed by atoms with van der Waals surface area (Å²) in [6.45, 7) is 5.44. The minimum atomic E-state index is -0.534. The van der Waals surface area contributed by atoms with E-state index in [9.17, 15) is 9.90 Å². The lowest BCUT2D eigenvalue weighted by molar-refractivity contribution is 0.143. The molecule has 0 heterocycles. The van der Waals surface area contributed by atoms with Gasteiger partial charge in [0.05, 0.1) is 6.10 Å². The number of rotatable bonds is 7. The van der Waals surface area contributed by atoms with Crippen molar-refractivity contribution < 1.29 is 9.90 Å². The number of hydrogen-bond acceptors (Lipinski definition) is 3. The van der Waals surface area contributed by atoms with Gasteiger partial charge in [0, 0.05) is 38.1 Å². The molecule has 0 bridgehead atoms. The summed E-state index contributed by atoms with van der Waals surface area (Å²) in [5.41, 5.74) is 3.31. The maximum Gasteiger partial charge on any atom is 0.317 e. The summed E-state index contributed by atoms with van der Waals surface area (Å²) < 4.78 is 0. The van der Waals surface area contributed by atoms with E-state index in [-0.39, 0.29) is 6.03 Å². The molecule has 1 atom stereocenters. The van der Waals surface area contributed by atoms with Gasteiger partial charge in [0.15, 0.2) is 0 Å². The van der Waals surface area contributed by atoms with Gasteiger partial charge in [-0.05, 0) is 43.7 Å². The maximum absolute atomic E-state index is 12.0. The third-order valence-corrected chi connectivity index (χ3v) is 3.96. The second-order valence-corrected chi connectivity index (χ2v) is 6.13. The van der Waals surface area contributed by atoms with Gasteiger partial charge in [-0.25, -0.2) is 4.79 Å². The van der Waals surface area contributed by atoms with E-state index in [0.717, 1.165) is 23.5 Å². The van der Waals surface area contributed by atoms with E-state index in [0.29, 0.717) is 13.1 Å². The van der Waals surface area contributed by atoms with Crippen LogP contribution in [0.25, 0.3) is 0 Å². The lowest BCUT2D eigenvalue weighted by Crippen LogP contribution is -2.40. The van der Waals surface area contributed by atoms with E-state index in [1.807, 2.05) is 30.3 Å². The van der Waals surface area contributed by atoms with Gasteiger partial charge in [-0.15, -0.1) is 0 Å². The predicted octanol–water partition coefficient (Wildman–Crippen LogP) is 3.37. The summed E-state index contributed by atoms with van der Waals surface area (Å²) >= 11 is 0. The molecule has 2 N–H and O–H groups in total. The second-order valence-electron chi connectivity index (χ2n) is 6.13. The molecule has 0 aromatic heterocycles. The first-order valence-corrected chi connectivity index (χ1v) is 8.59. The number of carbonyl (C=O) groups is 1. The van der Waals surface area contributed by atoms with Gasteiger partial charge in [-0.1, -0.05) is 30.3 Å². The molecule has 0 aliphatic rings. The Balaban J connectivity index is 1.96. The van der Waals surface area contributed by atoms with Crippen LogP contribution in [0.5, 0.6) is 0 Å². The number of likely N-dealkylation sites (N-methyl/N-ethyl adjacent to an activating group) is 1. The molecule has 5 nitrogen and oxygen atoms in total. The molecule has 2 rings (SSSR count). The minimum Gasteiger partial charge on any atom is -0.392 e. The number of amides is 2. The van der Waals surface area contributed by atoms with Crippen LogP contribution in [0.2, 0.25) is 0 Å². The van der Waals surface area contributed by atoms with Crippen LogP contribution in [0.15, 0.2) is 54.6 Å². The molecule has 2 aromatic carbocycles. The Morgan fingerprint density at radius 3 is 2.24 bits per heavy atom. The molecule has 0 saturated carbocycles. The van der Waals surface area contributed by atoms with Crippen molar-refractivity contribution in [2.45, 2.75) is 26.5 Å². The van der Waals surface area contributed by atoms with Gasteiger partial charge in [-0.3, -0.25) is 0 Å². The second kappa shape index (κ2) is 9.08. The average Bonchev–Trinajstić information content (AvgIpc) is 2.61. The van der Waals surface area contributed by atoms with Crippen LogP contribution in [-0.2, 0) is 6.54 Å². The Hall–Kier alpha value is -2.53. The van der Waals surface area contributed by atoms with Crippen molar-refractivity contribution in [3.8, 4) is 0 Å². The van der Waals surface area contributed by atoms with Gasteiger partial charge < -0.3 is 20.2 Å². The Morgan fingerprint density at radius 2 is 1.68 bits per heavy atom. The minimum absolute atomic E-state index is 0.190. The molecule has 5 heteroatoms. The highest BCUT2D eigenvalue weighted by molar-refractivity contribution is 5.74. The largest absolute Gasteiger partial charge is 0.392 e. The molecule has 0 spiro atoms. The monoisotopic (exact) mass is 341 g/mol. The lowest BCUT2D eigenvalue weighted by atomic mass is 10.1. The quantitative estimate of drug-likeness (QED) is 0.812. The number of carbonyl (C=O) groups excluding carboxylic acids is 1. The first-order chi connectivity index (χ1) is 12.0. The predicted molar refractivity (Wildman–Crippen MR) is 102 cm³/mol. The highest BCUT2D eigenvalue weighted by atomic mass is 16.3. The number of nitrogens with one attached hydrogen (secondary N) is 1. The third kappa shape index (κ3) is 5.50. The highest BCUT2D eigenvalue weighted by Crippen LogP contribution is 2.24. The van der Waals surface area contributed by atoms with Crippen LogP contribution in [0, 0.1) is 0 Å². The fourth-order valence-electron chi connectivity index (χ4n) is 2.71. The Morgan fingerprint density at radius 1 is 1.08 bits per heavy atom. The molecule has 0 aliphatic carbocycles. The number of benzene rings is 2. The van der Waals surface area contributed by atoms with Crippen molar-refractivity contribution in [2.24, 2.45) is 0 Å². The summed E-state index contributed by atoms with van der Waals surface area (Å²) in [7, 11) is 1.67. The molecular weight excluding hydrogens is 314 g/mol. The van der Waals surface area contributed by atoms with E-state index >= 15 is 0 Å². The van der Waals surface area contributed by atoms with Crippen LogP contribution in [-0.4, -0.2) is 42.3 Å². The van der Waals surface area contributed by atoms with Crippen LogP contribution in [0.1, 0.15) is 19.4 Å². The van der Waals surface area contributed by atoms with Gasteiger partial charge in [0.1, 0.15) is 0 Å². The first-order valence-electron chi connectivity index (χ1n) is 8.59. The van der Waals surface area contributed by atoms with Crippen LogP contribution in [0.3, 0.4) is 0 Å². The number of para-hydroxylation sites is 1. The van der Waals surface area contributed by atoms with Gasteiger partial charge in [0.2, 0.25) is 0 Å². The first kappa shape index (κ1) is 18.8. The summed E-state index contributed by atoms with van der Waals surface area (Å²) in [4.78, 5) is 15.7. The summed E-state index contributed by atoms with van der Waals surface area (Å²) in [5.74, 6) is 0. The standard InChI is InChI=1S/C20H27N3O2/c1-4-23(18-8-6-5-7-9-18)19-12-10-17(11-13-19)14-21-20(25)22(3)15-16(2)24/h5-13,16,24H,4,14-15H2,1-3H3,(H,21,25). The zero-order valence-corrected chi connectivity index (χ0v) is 15.1. The van der Waals surface area contributed by atoms with Crippen molar-refractivity contribution in [1.29, 1.82) is 0 Å². The fourth-order valence-corrected chi connectivity index (χ4v) is 2.71. The maximum atomic E-state index is 12.0. The van der Waals surface area contributed by atoms with E-state index < -0.39 is 6.10 Å². The number of hydrogen-bond donors (Lipinski definition) is 2.